The van der Waals surface area contributed by atoms with Gasteiger partial charge >= 0.3 is 0 Å². The van der Waals surface area contributed by atoms with E-state index in [4.69, 9.17) is 0 Å². The molecule has 0 saturated carbocycles. The molecule has 1 N–H and O–H groups in total. The third-order valence-corrected chi connectivity index (χ3v) is 7.00. The molecule has 0 bridgehead atoms. The topological polar surface area (TPSA) is 104 Å². The van der Waals surface area contributed by atoms with E-state index in [2.05, 4.69) is 5.32 Å². The largest absolute Gasteiger partial charge is 0.355 e. The smallest absolute Gasteiger partial charge is 0.269 e. The van der Waals surface area contributed by atoms with Gasteiger partial charge in [0, 0.05) is 26.1 Å². The minimum absolute atomic E-state index is 0.0516. The van der Waals surface area contributed by atoms with Crippen molar-refractivity contribution >= 4 is 27.7 Å². The van der Waals surface area contributed by atoms with Crippen molar-refractivity contribution in [3.05, 3.63) is 65.7 Å². The van der Waals surface area contributed by atoms with Gasteiger partial charge in [-0.15, -0.1) is 0 Å². The fraction of sp³-hybridized carbons (Fsp3) is 0.318. The van der Waals surface area contributed by atoms with Crippen LogP contribution in [-0.2, 0) is 26.2 Å². The molecule has 1 unspecified atom stereocenters. The standard InChI is InChI=1S/C22H25N3O5S/c1-3-23-21(27)16(2)24(15-17-9-5-4-6-10-17)20(26)13-14-25-22(28)18-11-7-8-12-19(18)31(25,29)30/h4-12,16H,3,13-15H2,1-2H3,(H,23,27). The summed E-state index contributed by atoms with van der Waals surface area (Å²) in [6.07, 6.45) is -0.227. The molecule has 1 aliphatic heterocycles. The Morgan fingerprint density at radius 1 is 1.06 bits per heavy atom. The predicted molar refractivity (Wildman–Crippen MR) is 114 cm³/mol. The van der Waals surface area contributed by atoms with E-state index in [1.165, 1.54) is 17.0 Å². The van der Waals surface area contributed by atoms with Crippen molar-refractivity contribution in [2.45, 2.75) is 37.8 Å². The van der Waals surface area contributed by atoms with E-state index in [0.29, 0.717) is 6.54 Å². The van der Waals surface area contributed by atoms with Gasteiger partial charge < -0.3 is 10.2 Å². The number of nitrogens with zero attached hydrogens (tertiary/aromatic N) is 2. The molecule has 0 aromatic heterocycles. The minimum atomic E-state index is -3.99. The van der Waals surface area contributed by atoms with Crippen molar-refractivity contribution in [1.29, 1.82) is 0 Å². The highest BCUT2D eigenvalue weighted by atomic mass is 32.2. The van der Waals surface area contributed by atoms with E-state index in [-0.39, 0.29) is 35.9 Å². The van der Waals surface area contributed by atoms with Crippen LogP contribution in [0, 0.1) is 0 Å². The lowest BCUT2D eigenvalue weighted by atomic mass is 10.1. The molecule has 0 radical (unpaired) electrons. The van der Waals surface area contributed by atoms with Gasteiger partial charge in [-0.25, -0.2) is 12.7 Å². The summed E-state index contributed by atoms with van der Waals surface area (Å²) in [5, 5.41) is 2.70. The summed E-state index contributed by atoms with van der Waals surface area (Å²) in [6, 6.07) is 14.4. The van der Waals surface area contributed by atoms with Crippen LogP contribution in [0.4, 0.5) is 0 Å². The zero-order valence-electron chi connectivity index (χ0n) is 17.4. The van der Waals surface area contributed by atoms with Gasteiger partial charge in [-0.2, -0.15) is 0 Å². The average Bonchev–Trinajstić information content (AvgIpc) is 2.96. The fourth-order valence-corrected chi connectivity index (χ4v) is 5.05. The third-order valence-electron chi connectivity index (χ3n) is 5.15. The Morgan fingerprint density at radius 3 is 2.35 bits per heavy atom. The number of likely N-dealkylation sites (N-methyl/N-ethyl adjacent to an activating group) is 1. The maximum atomic E-state index is 13.1. The zero-order valence-corrected chi connectivity index (χ0v) is 18.3. The van der Waals surface area contributed by atoms with Gasteiger partial charge in [0.2, 0.25) is 11.8 Å². The van der Waals surface area contributed by atoms with Crippen LogP contribution >= 0.6 is 0 Å². The molecule has 1 aliphatic rings. The van der Waals surface area contributed by atoms with Gasteiger partial charge in [0.15, 0.2) is 0 Å². The molecule has 0 fully saturated rings. The normalized spacial score (nSPS) is 15.3. The predicted octanol–water partition coefficient (Wildman–Crippen LogP) is 1.77. The summed E-state index contributed by atoms with van der Waals surface area (Å²) >= 11 is 0. The molecular weight excluding hydrogens is 418 g/mol. The number of carbonyl (C=O) groups is 3. The van der Waals surface area contributed by atoms with Gasteiger partial charge in [0.25, 0.3) is 15.9 Å². The SMILES string of the molecule is CCNC(=O)C(C)N(Cc1ccccc1)C(=O)CCN1C(=O)c2ccccc2S1(=O)=O. The van der Waals surface area contributed by atoms with Gasteiger partial charge in [-0.1, -0.05) is 42.5 Å². The lowest BCUT2D eigenvalue weighted by molar-refractivity contribution is -0.140. The van der Waals surface area contributed by atoms with Gasteiger partial charge in [-0.3, -0.25) is 14.4 Å². The number of hydrogen-bond donors (Lipinski definition) is 1. The average molecular weight is 444 g/mol. The van der Waals surface area contributed by atoms with E-state index in [1.54, 1.807) is 26.0 Å². The van der Waals surface area contributed by atoms with Crippen molar-refractivity contribution in [3.63, 3.8) is 0 Å². The summed E-state index contributed by atoms with van der Waals surface area (Å²) < 4.78 is 26.2. The Balaban J connectivity index is 1.77. The number of fused-ring (bicyclic) bond motifs is 1. The molecular formula is C22H25N3O5S. The number of benzene rings is 2. The first-order valence-electron chi connectivity index (χ1n) is 10.0. The van der Waals surface area contributed by atoms with E-state index in [1.807, 2.05) is 30.3 Å². The molecule has 3 rings (SSSR count). The number of rotatable bonds is 8. The molecule has 31 heavy (non-hydrogen) atoms. The lowest BCUT2D eigenvalue weighted by Gasteiger charge is -2.29. The molecule has 2 aromatic rings. The number of carbonyl (C=O) groups excluding carboxylic acids is 3. The number of sulfonamides is 1. The van der Waals surface area contributed by atoms with Crippen LogP contribution in [0.25, 0.3) is 0 Å². The molecule has 0 aliphatic carbocycles. The van der Waals surface area contributed by atoms with Gasteiger partial charge in [-0.05, 0) is 31.5 Å². The molecule has 9 heteroatoms. The fourth-order valence-electron chi connectivity index (χ4n) is 3.48. The maximum absolute atomic E-state index is 13.1. The maximum Gasteiger partial charge on any atom is 0.269 e. The second-order valence-corrected chi connectivity index (χ2v) is 9.04. The van der Waals surface area contributed by atoms with Crippen LogP contribution in [0.2, 0.25) is 0 Å². The Bertz CT molecular complexity index is 1090. The summed E-state index contributed by atoms with van der Waals surface area (Å²) in [6.45, 7) is 3.74. The van der Waals surface area contributed by atoms with Crippen LogP contribution in [-0.4, -0.2) is 54.5 Å². The van der Waals surface area contributed by atoms with Crippen LogP contribution in [0.15, 0.2) is 59.5 Å². The first kappa shape index (κ1) is 22.5. The first-order valence-corrected chi connectivity index (χ1v) is 11.5. The highest BCUT2D eigenvalue weighted by Gasteiger charge is 2.41. The Kier molecular flexibility index (Phi) is 6.74. The van der Waals surface area contributed by atoms with Crippen molar-refractivity contribution < 1.29 is 22.8 Å². The molecule has 1 atom stereocenters. The Morgan fingerprint density at radius 2 is 1.71 bits per heavy atom. The van der Waals surface area contributed by atoms with E-state index in [9.17, 15) is 22.8 Å². The second kappa shape index (κ2) is 9.30. The molecule has 3 amide bonds. The van der Waals surface area contributed by atoms with Gasteiger partial charge in [0.1, 0.15) is 10.9 Å². The highest BCUT2D eigenvalue weighted by molar-refractivity contribution is 7.90. The van der Waals surface area contributed by atoms with Crippen molar-refractivity contribution in [1.82, 2.24) is 14.5 Å². The van der Waals surface area contributed by atoms with E-state index >= 15 is 0 Å². The molecule has 0 saturated heterocycles. The summed E-state index contributed by atoms with van der Waals surface area (Å²) in [5.41, 5.74) is 0.941. The summed E-state index contributed by atoms with van der Waals surface area (Å²) in [5.74, 6) is -1.36. The van der Waals surface area contributed by atoms with Crippen molar-refractivity contribution in [3.8, 4) is 0 Å². The molecule has 164 valence electrons. The number of nitrogens with one attached hydrogen (secondary N) is 1. The summed E-state index contributed by atoms with van der Waals surface area (Å²) in [7, 11) is -3.99. The number of hydrogen-bond acceptors (Lipinski definition) is 5. The van der Waals surface area contributed by atoms with E-state index in [0.717, 1.165) is 9.87 Å². The third kappa shape index (κ3) is 4.61. The minimum Gasteiger partial charge on any atom is -0.355 e. The second-order valence-electron chi connectivity index (χ2n) is 7.21. The van der Waals surface area contributed by atoms with Crippen LogP contribution in [0.1, 0.15) is 36.2 Å². The quantitative estimate of drug-likeness (QED) is 0.670. The van der Waals surface area contributed by atoms with Gasteiger partial charge in [0.05, 0.1) is 5.56 Å². The van der Waals surface area contributed by atoms with Crippen molar-refractivity contribution in [2.75, 3.05) is 13.1 Å². The number of amides is 3. The van der Waals surface area contributed by atoms with Crippen LogP contribution in [0.3, 0.4) is 0 Å². The lowest BCUT2D eigenvalue weighted by Crippen LogP contribution is -2.48. The van der Waals surface area contributed by atoms with Crippen LogP contribution in [0.5, 0.6) is 0 Å². The first-order chi connectivity index (χ1) is 14.8. The van der Waals surface area contributed by atoms with Crippen LogP contribution < -0.4 is 5.32 Å². The Hall–Kier alpha value is -3.20. The zero-order chi connectivity index (χ0) is 22.6. The molecule has 1 heterocycles. The monoisotopic (exact) mass is 443 g/mol. The molecule has 0 spiro atoms. The van der Waals surface area contributed by atoms with E-state index < -0.39 is 27.9 Å². The highest BCUT2D eigenvalue weighted by Crippen LogP contribution is 2.30. The molecule has 8 nitrogen and oxygen atoms in total. The Labute approximate surface area is 181 Å². The summed E-state index contributed by atoms with van der Waals surface area (Å²) in [4.78, 5) is 39.4. The van der Waals surface area contributed by atoms with Crippen molar-refractivity contribution in [2.24, 2.45) is 0 Å². The molecule has 2 aromatic carbocycles.